The Kier molecular flexibility index (Phi) is 4.29. The van der Waals surface area contributed by atoms with E-state index in [1.807, 2.05) is 29.6 Å². The van der Waals surface area contributed by atoms with Crippen LogP contribution in [0.25, 0.3) is 0 Å². The first-order chi connectivity index (χ1) is 8.95. The number of thioether (sulfide) groups is 1. The van der Waals surface area contributed by atoms with Crippen molar-refractivity contribution >= 4 is 22.8 Å². The lowest BCUT2D eigenvalue weighted by molar-refractivity contribution is -0.128. The van der Waals surface area contributed by atoms with Gasteiger partial charge in [-0.15, -0.1) is 0 Å². The van der Waals surface area contributed by atoms with Crippen LogP contribution in [0.2, 0.25) is 0 Å². The van der Waals surface area contributed by atoms with Gasteiger partial charge in [0.1, 0.15) is 0 Å². The minimum Gasteiger partial charge on any atom is -0.336 e. The molecule has 0 spiro atoms. The van der Waals surface area contributed by atoms with Crippen LogP contribution < -0.4 is 0 Å². The molecule has 1 fully saturated rings. The smallest absolute Gasteiger partial charge is 0.223 e. The number of hydrogen-bond donors (Lipinski definition) is 0. The molecule has 1 aliphatic heterocycles. The first-order valence-corrected chi connectivity index (χ1v) is 7.35. The zero-order valence-corrected chi connectivity index (χ0v) is 12.4. The normalized spacial score (nSPS) is 19.2. The monoisotopic (exact) mass is 281 g/mol. The second-order valence-corrected chi connectivity index (χ2v) is 6.24. The van der Waals surface area contributed by atoms with Crippen LogP contribution in [-0.2, 0) is 23.2 Å². The van der Waals surface area contributed by atoms with Crippen molar-refractivity contribution in [1.29, 1.82) is 0 Å². The van der Waals surface area contributed by atoms with Crippen molar-refractivity contribution in [1.82, 2.24) is 14.7 Å². The number of rotatable bonds is 4. The van der Waals surface area contributed by atoms with Gasteiger partial charge in [-0.2, -0.15) is 5.10 Å². The molecule has 5 nitrogen and oxygen atoms in total. The Balaban J connectivity index is 1.93. The van der Waals surface area contributed by atoms with Crippen molar-refractivity contribution in [3.8, 4) is 0 Å². The molecular formula is C13H19N3O2S. The van der Waals surface area contributed by atoms with Crippen molar-refractivity contribution < 1.29 is 9.59 Å². The van der Waals surface area contributed by atoms with E-state index in [-0.39, 0.29) is 16.9 Å². The predicted octanol–water partition coefficient (Wildman–Crippen LogP) is 1.36. The highest BCUT2D eigenvalue weighted by Crippen LogP contribution is 2.23. The molecule has 2 rings (SSSR count). The van der Waals surface area contributed by atoms with Crippen molar-refractivity contribution in [3.05, 3.63) is 17.5 Å². The van der Waals surface area contributed by atoms with Gasteiger partial charge in [-0.1, -0.05) is 11.8 Å². The number of carbonyl (C=O) groups excluding carboxylic acids is 2. The van der Waals surface area contributed by atoms with Gasteiger partial charge < -0.3 is 4.90 Å². The van der Waals surface area contributed by atoms with Gasteiger partial charge in [0.15, 0.2) is 5.12 Å². The van der Waals surface area contributed by atoms with E-state index in [9.17, 15) is 9.59 Å². The molecule has 0 aliphatic carbocycles. The molecule has 1 saturated heterocycles. The molecule has 1 atom stereocenters. The van der Waals surface area contributed by atoms with Gasteiger partial charge in [0, 0.05) is 32.7 Å². The highest BCUT2D eigenvalue weighted by Gasteiger charge is 2.30. The zero-order chi connectivity index (χ0) is 14.0. The first-order valence-electron chi connectivity index (χ1n) is 6.36. The lowest BCUT2D eigenvalue weighted by Gasteiger charge is -2.16. The topological polar surface area (TPSA) is 55.2 Å². The molecule has 1 aromatic heterocycles. The molecule has 0 radical (unpaired) electrons. The third kappa shape index (κ3) is 3.59. The lowest BCUT2D eigenvalue weighted by atomic mass is 10.1. The summed E-state index contributed by atoms with van der Waals surface area (Å²) in [6.07, 6.45) is 0.553. The molecule has 6 heteroatoms. The van der Waals surface area contributed by atoms with Gasteiger partial charge >= 0.3 is 0 Å². The van der Waals surface area contributed by atoms with E-state index in [1.54, 1.807) is 6.92 Å². The van der Waals surface area contributed by atoms with Crippen LogP contribution in [0.15, 0.2) is 6.07 Å². The highest BCUT2D eigenvalue weighted by molar-refractivity contribution is 8.13. The van der Waals surface area contributed by atoms with Crippen LogP contribution in [0.5, 0.6) is 0 Å². The Hall–Kier alpha value is -1.30. The maximum atomic E-state index is 12.0. The SMILES string of the molecule is CC(=O)SCC1CC(=O)N(Cc2cc(C)nn2C)C1. The van der Waals surface area contributed by atoms with Crippen molar-refractivity contribution in [2.75, 3.05) is 12.3 Å². The summed E-state index contributed by atoms with van der Waals surface area (Å²) in [4.78, 5) is 24.8. The van der Waals surface area contributed by atoms with Gasteiger partial charge in [-0.05, 0) is 18.9 Å². The number of likely N-dealkylation sites (tertiary alicyclic amines) is 1. The third-order valence-corrected chi connectivity index (χ3v) is 4.31. The molecule has 1 unspecified atom stereocenters. The minimum atomic E-state index is 0.119. The van der Waals surface area contributed by atoms with Crippen LogP contribution in [-0.4, -0.2) is 38.0 Å². The minimum absolute atomic E-state index is 0.119. The van der Waals surface area contributed by atoms with E-state index in [0.29, 0.717) is 13.0 Å². The van der Waals surface area contributed by atoms with Crippen LogP contribution >= 0.6 is 11.8 Å². The van der Waals surface area contributed by atoms with Crippen molar-refractivity contribution in [2.45, 2.75) is 26.8 Å². The second-order valence-electron chi connectivity index (χ2n) is 5.05. The summed E-state index contributed by atoms with van der Waals surface area (Å²) >= 11 is 1.31. The fraction of sp³-hybridized carbons (Fsp3) is 0.615. The summed E-state index contributed by atoms with van der Waals surface area (Å²) in [5.41, 5.74) is 2.01. The van der Waals surface area contributed by atoms with Gasteiger partial charge in [-0.25, -0.2) is 0 Å². The first kappa shape index (κ1) is 14.1. The molecule has 0 bridgehead atoms. The Morgan fingerprint density at radius 2 is 2.32 bits per heavy atom. The van der Waals surface area contributed by atoms with Gasteiger partial charge in [0.05, 0.1) is 17.9 Å². The summed E-state index contributed by atoms with van der Waals surface area (Å²) in [5.74, 6) is 1.20. The Morgan fingerprint density at radius 3 is 2.89 bits per heavy atom. The summed E-state index contributed by atoms with van der Waals surface area (Å²) in [6.45, 7) is 4.86. The van der Waals surface area contributed by atoms with Crippen LogP contribution in [0.3, 0.4) is 0 Å². The summed E-state index contributed by atoms with van der Waals surface area (Å²) in [6, 6.07) is 2.00. The average molecular weight is 281 g/mol. The van der Waals surface area contributed by atoms with Crippen molar-refractivity contribution in [3.63, 3.8) is 0 Å². The van der Waals surface area contributed by atoms with Crippen LogP contribution in [0, 0.1) is 12.8 Å². The van der Waals surface area contributed by atoms with E-state index in [1.165, 1.54) is 11.8 Å². The van der Waals surface area contributed by atoms with E-state index >= 15 is 0 Å². The molecule has 2 heterocycles. The Bertz CT molecular complexity index is 498. The predicted molar refractivity (Wildman–Crippen MR) is 74.6 cm³/mol. The number of aromatic nitrogens is 2. The fourth-order valence-corrected chi connectivity index (χ4v) is 3.06. The van der Waals surface area contributed by atoms with E-state index in [0.717, 1.165) is 23.7 Å². The van der Waals surface area contributed by atoms with E-state index < -0.39 is 0 Å². The highest BCUT2D eigenvalue weighted by atomic mass is 32.2. The summed E-state index contributed by atoms with van der Waals surface area (Å²) < 4.78 is 1.82. The van der Waals surface area contributed by atoms with E-state index in [4.69, 9.17) is 0 Å². The quantitative estimate of drug-likeness (QED) is 0.836. The summed E-state index contributed by atoms with van der Waals surface area (Å²) in [5, 5.41) is 4.41. The number of amides is 1. The molecule has 0 saturated carbocycles. The number of carbonyl (C=O) groups is 2. The molecule has 1 aromatic rings. The number of aryl methyl sites for hydroxylation is 2. The second kappa shape index (κ2) is 5.77. The molecule has 1 amide bonds. The maximum absolute atomic E-state index is 12.0. The summed E-state index contributed by atoms with van der Waals surface area (Å²) in [7, 11) is 1.89. The van der Waals surface area contributed by atoms with Gasteiger partial charge in [0.25, 0.3) is 0 Å². The average Bonchev–Trinajstić information content (AvgIpc) is 2.81. The molecule has 19 heavy (non-hydrogen) atoms. The van der Waals surface area contributed by atoms with Crippen LogP contribution in [0.1, 0.15) is 24.7 Å². The van der Waals surface area contributed by atoms with Crippen molar-refractivity contribution in [2.24, 2.45) is 13.0 Å². The van der Waals surface area contributed by atoms with Crippen LogP contribution in [0.4, 0.5) is 0 Å². The molecule has 104 valence electrons. The maximum Gasteiger partial charge on any atom is 0.223 e. The molecule has 1 aliphatic rings. The third-order valence-electron chi connectivity index (χ3n) is 3.27. The number of nitrogens with zero attached hydrogens (tertiary/aromatic N) is 3. The largest absolute Gasteiger partial charge is 0.336 e. The standard InChI is InChI=1S/C13H19N3O2S/c1-9-4-12(15(3)14-9)7-16-6-11(5-13(16)18)8-19-10(2)17/h4,11H,5-8H2,1-3H3. The zero-order valence-electron chi connectivity index (χ0n) is 11.5. The molecule has 0 N–H and O–H groups in total. The number of hydrogen-bond acceptors (Lipinski definition) is 4. The Morgan fingerprint density at radius 1 is 1.58 bits per heavy atom. The molecular weight excluding hydrogens is 262 g/mol. The van der Waals surface area contributed by atoms with Gasteiger partial charge in [-0.3, -0.25) is 14.3 Å². The molecule has 0 aromatic carbocycles. The lowest BCUT2D eigenvalue weighted by Crippen LogP contribution is -2.26. The van der Waals surface area contributed by atoms with Gasteiger partial charge in [0.2, 0.25) is 5.91 Å². The Labute approximate surface area is 117 Å². The van der Waals surface area contributed by atoms with E-state index in [2.05, 4.69) is 5.10 Å². The fourth-order valence-electron chi connectivity index (χ4n) is 2.36.